The summed E-state index contributed by atoms with van der Waals surface area (Å²) in [4.78, 5) is 15.8. The van der Waals surface area contributed by atoms with E-state index >= 15 is 0 Å². The summed E-state index contributed by atoms with van der Waals surface area (Å²) in [6.45, 7) is 2.48. The predicted octanol–water partition coefficient (Wildman–Crippen LogP) is 2.67. The van der Waals surface area contributed by atoms with Crippen molar-refractivity contribution in [3.8, 4) is 0 Å². The van der Waals surface area contributed by atoms with E-state index in [-0.39, 0.29) is 24.1 Å². The molecule has 1 aromatic heterocycles. The quantitative estimate of drug-likeness (QED) is 0.860. The number of nitrogens with zero attached hydrogens (tertiary/aromatic N) is 3. The van der Waals surface area contributed by atoms with Crippen LogP contribution in [-0.2, 0) is 24.3 Å². The summed E-state index contributed by atoms with van der Waals surface area (Å²) < 4.78 is 15.9. The van der Waals surface area contributed by atoms with Crippen molar-refractivity contribution in [1.29, 1.82) is 0 Å². The lowest BCUT2D eigenvalue weighted by molar-refractivity contribution is -0.128. The van der Waals surface area contributed by atoms with Crippen molar-refractivity contribution in [3.05, 3.63) is 35.3 Å². The third-order valence-corrected chi connectivity index (χ3v) is 4.46. The first kappa shape index (κ1) is 17.8. The number of likely N-dealkylation sites (N-methyl/N-ethyl adjacent to an activating group) is 1. The molecule has 1 aliphatic heterocycles. The summed E-state index contributed by atoms with van der Waals surface area (Å²) in [6, 6.07) is 4.96. The molecule has 0 bridgehead atoms. The molecule has 0 atom stereocenters. The van der Waals surface area contributed by atoms with Crippen LogP contribution in [0.25, 0.3) is 10.9 Å². The number of carbonyl (C=O) groups is 1. The largest absolute Gasteiger partial charge is 0.349 e. The van der Waals surface area contributed by atoms with E-state index in [1.807, 2.05) is 6.07 Å². The molecule has 0 radical (unpaired) electrons. The van der Waals surface area contributed by atoms with Gasteiger partial charge in [-0.2, -0.15) is 0 Å². The standard InChI is InChI=1S/C17H22FN3O.ClH/c1-19(2)17(22)7-9-21-15-5-4-12(18)10-13(15)14-11-20(3)8-6-16(14)21;/h4-5,10H,6-9,11H2,1-3H3;1H. The Balaban J connectivity index is 0.00000192. The van der Waals surface area contributed by atoms with Crippen molar-refractivity contribution in [2.75, 3.05) is 27.7 Å². The van der Waals surface area contributed by atoms with Gasteiger partial charge in [-0.05, 0) is 30.8 Å². The molecule has 23 heavy (non-hydrogen) atoms. The Labute approximate surface area is 142 Å². The lowest BCUT2D eigenvalue weighted by atomic mass is 10.0. The minimum Gasteiger partial charge on any atom is -0.349 e. The summed E-state index contributed by atoms with van der Waals surface area (Å²) in [5.74, 6) is -0.0873. The van der Waals surface area contributed by atoms with E-state index in [0.717, 1.165) is 30.4 Å². The van der Waals surface area contributed by atoms with Gasteiger partial charge in [0.05, 0.1) is 0 Å². The molecule has 0 saturated heterocycles. The number of carbonyl (C=O) groups excluding carboxylic acids is 1. The van der Waals surface area contributed by atoms with E-state index in [1.165, 1.54) is 17.3 Å². The van der Waals surface area contributed by atoms with Gasteiger partial charge in [0.1, 0.15) is 5.82 Å². The Kier molecular flexibility index (Phi) is 5.32. The Bertz CT molecular complexity index is 726. The zero-order valence-electron chi connectivity index (χ0n) is 13.8. The number of aromatic nitrogens is 1. The Morgan fingerprint density at radius 2 is 2.09 bits per heavy atom. The number of fused-ring (bicyclic) bond motifs is 3. The molecule has 0 N–H and O–H groups in total. The summed E-state index contributed by atoms with van der Waals surface area (Å²) in [5, 5.41) is 0.985. The number of aryl methyl sites for hydroxylation is 1. The first-order valence-corrected chi connectivity index (χ1v) is 7.65. The molecule has 1 aromatic carbocycles. The first-order valence-electron chi connectivity index (χ1n) is 7.65. The van der Waals surface area contributed by atoms with Crippen LogP contribution >= 0.6 is 12.4 Å². The van der Waals surface area contributed by atoms with Crippen molar-refractivity contribution in [2.24, 2.45) is 0 Å². The molecule has 0 spiro atoms. The predicted molar refractivity (Wildman–Crippen MR) is 92.5 cm³/mol. The van der Waals surface area contributed by atoms with Crippen LogP contribution in [0.3, 0.4) is 0 Å². The molecular weight excluding hydrogens is 317 g/mol. The van der Waals surface area contributed by atoms with Crippen LogP contribution in [0.2, 0.25) is 0 Å². The second kappa shape index (κ2) is 6.89. The Morgan fingerprint density at radius 1 is 1.35 bits per heavy atom. The van der Waals surface area contributed by atoms with Gasteiger partial charge in [-0.15, -0.1) is 12.4 Å². The number of halogens is 2. The van der Waals surface area contributed by atoms with Crippen LogP contribution in [0.15, 0.2) is 18.2 Å². The molecule has 1 aliphatic rings. The first-order chi connectivity index (χ1) is 10.5. The molecule has 0 aliphatic carbocycles. The fourth-order valence-electron chi connectivity index (χ4n) is 3.24. The summed E-state index contributed by atoms with van der Waals surface area (Å²) >= 11 is 0. The molecule has 0 saturated carbocycles. The zero-order valence-corrected chi connectivity index (χ0v) is 14.6. The van der Waals surface area contributed by atoms with Crippen LogP contribution in [-0.4, -0.2) is 48.0 Å². The Hall–Kier alpha value is -1.59. The van der Waals surface area contributed by atoms with E-state index in [1.54, 1.807) is 25.1 Å². The van der Waals surface area contributed by atoms with E-state index < -0.39 is 0 Å². The fraction of sp³-hybridized carbons (Fsp3) is 0.471. The summed E-state index contributed by atoms with van der Waals surface area (Å²) in [5.41, 5.74) is 3.50. The lowest BCUT2D eigenvalue weighted by Gasteiger charge is -2.24. The highest BCUT2D eigenvalue weighted by molar-refractivity contribution is 5.86. The zero-order chi connectivity index (χ0) is 15.9. The molecule has 3 rings (SSSR count). The number of rotatable bonds is 3. The minimum atomic E-state index is -0.204. The van der Waals surface area contributed by atoms with Crippen LogP contribution in [0.1, 0.15) is 17.7 Å². The Morgan fingerprint density at radius 3 is 2.78 bits per heavy atom. The molecule has 1 amide bonds. The molecule has 6 heteroatoms. The van der Waals surface area contributed by atoms with Crippen LogP contribution in [0, 0.1) is 5.82 Å². The minimum absolute atomic E-state index is 0. The topological polar surface area (TPSA) is 28.5 Å². The number of amides is 1. The van der Waals surface area contributed by atoms with Crippen molar-refractivity contribution in [2.45, 2.75) is 25.9 Å². The summed E-state index contributed by atoms with van der Waals surface area (Å²) in [6.07, 6.45) is 1.41. The number of benzene rings is 1. The van der Waals surface area contributed by atoms with E-state index in [0.29, 0.717) is 13.0 Å². The van der Waals surface area contributed by atoms with Gasteiger partial charge in [0.15, 0.2) is 0 Å². The van der Waals surface area contributed by atoms with Gasteiger partial charge in [-0.3, -0.25) is 4.79 Å². The fourth-order valence-corrected chi connectivity index (χ4v) is 3.24. The maximum Gasteiger partial charge on any atom is 0.223 e. The third-order valence-electron chi connectivity index (χ3n) is 4.46. The second-order valence-corrected chi connectivity index (χ2v) is 6.26. The van der Waals surface area contributed by atoms with Crippen molar-refractivity contribution >= 4 is 29.2 Å². The van der Waals surface area contributed by atoms with Gasteiger partial charge in [0.25, 0.3) is 0 Å². The van der Waals surface area contributed by atoms with E-state index in [2.05, 4.69) is 16.5 Å². The van der Waals surface area contributed by atoms with Gasteiger partial charge in [0.2, 0.25) is 5.91 Å². The van der Waals surface area contributed by atoms with Gasteiger partial charge in [-0.1, -0.05) is 0 Å². The van der Waals surface area contributed by atoms with E-state index in [4.69, 9.17) is 0 Å². The van der Waals surface area contributed by atoms with Gasteiger partial charge in [-0.25, -0.2) is 4.39 Å². The molecule has 2 heterocycles. The molecule has 126 valence electrons. The van der Waals surface area contributed by atoms with Gasteiger partial charge >= 0.3 is 0 Å². The molecule has 0 fully saturated rings. The number of hydrogen-bond acceptors (Lipinski definition) is 2. The molecule has 2 aromatic rings. The van der Waals surface area contributed by atoms with Gasteiger partial charge in [0, 0.05) is 63.2 Å². The van der Waals surface area contributed by atoms with Crippen molar-refractivity contribution in [1.82, 2.24) is 14.4 Å². The SMILES string of the molecule is CN1CCc2c(c3cc(F)ccc3n2CCC(=O)N(C)C)C1.Cl. The normalized spacial score (nSPS) is 14.4. The molecular formula is C17H23ClFN3O. The van der Waals surface area contributed by atoms with Crippen molar-refractivity contribution in [3.63, 3.8) is 0 Å². The second-order valence-electron chi connectivity index (χ2n) is 6.26. The van der Waals surface area contributed by atoms with Crippen LogP contribution < -0.4 is 0 Å². The van der Waals surface area contributed by atoms with Crippen molar-refractivity contribution < 1.29 is 9.18 Å². The maximum atomic E-state index is 13.6. The molecule has 0 unspecified atom stereocenters. The van der Waals surface area contributed by atoms with Gasteiger partial charge < -0.3 is 14.4 Å². The van der Waals surface area contributed by atoms with Crippen LogP contribution in [0.5, 0.6) is 0 Å². The number of hydrogen-bond donors (Lipinski definition) is 0. The lowest BCUT2D eigenvalue weighted by Crippen LogP contribution is -2.28. The maximum absolute atomic E-state index is 13.6. The highest BCUT2D eigenvalue weighted by Gasteiger charge is 2.22. The highest BCUT2D eigenvalue weighted by Crippen LogP contribution is 2.31. The van der Waals surface area contributed by atoms with E-state index in [9.17, 15) is 9.18 Å². The average Bonchev–Trinajstić information content (AvgIpc) is 2.77. The molecule has 4 nitrogen and oxygen atoms in total. The smallest absolute Gasteiger partial charge is 0.223 e. The monoisotopic (exact) mass is 339 g/mol. The van der Waals surface area contributed by atoms with Crippen LogP contribution in [0.4, 0.5) is 4.39 Å². The summed E-state index contributed by atoms with van der Waals surface area (Å²) in [7, 11) is 5.63. The average molecular weight is 340 g/mol. The highest BCUT2D eigenvalue weighted by atomic mass is 35.5. The third kappa shape index (κ3) is 3.35.